The maximum absolute atomic E-state index is 15.2. The van der Waals surface area contributed by atoms with Crippen LogP contribution in [-0.4, -0.2) is 55.8 Å². The summed E-state index contributed by atoms with van der Waals surface area (Å²) < 4.78 is 80.9. The number of nitrogens with one attached hydrogen (secondary N) is 2. The van der Waals surface area contributed by atoms with Gasteiger partial charge in [0.2, 0.25) is 15.8 Å². The van der Waals surface area contributed by atoms with E-state index in [1.54, 1.807) is 25.1 Å². The third-order valence-corrected chi connectivity index (χ3v) is 9.24. The third kappa shape index (κ3) is 6.00. The van der Waals surface area contributed by atoms with Crippen LogP contribution in [0.3, 0.4) is 0 Å². The number of aromatic amines is 1. The lowest BCUT2D eigenvalue weighted by molar-refractivity contribution is 0.103. The Morgan fingerprint density at radius 1 is 1.03 bits per heavy atom. The van der Waals surface area contributed by atoms with Crippen LogP contribution in [0.25, 0.3) is 22.2 Å². The minimum absolute atomic E-state index is 0.0890. The van der Waals surface area contributed by atoms with E-state index in [2.05, 4.69) is 14.7 Å². The molecule has 9 nitrogen and oxygen atoms in total. The van der Waals surface area contributed by atoms with Gasteiger partial charge in [0.1, 0.15) is 11.5 Å². The summed E-state index contributed by atoms with van der Waals surface area (Å²) in [7, 11) is -7.45. The Balaban J connectivity index is 1.70. The second-order valence-electron chi connectivity index (χ2n) is 8.78. The summed E-state index contributed by atoms with van der Waals surface area (Å²) in [6.45, 7) is 1.39. The number of fused-ring (bicyclic) bond motifs is 1. The monoisotopic (exact) mass is 577 g/mol. The number of aliphatic hydroxyl groups is 1. The molecule has 0 unspecified atom stereocenters. The van der Waals surface area contributed by atoms with Crippen molar-refractivity contribution < 1.29 is 35.5 Å². The number of benzene rings is 2. The fourth-order valence-corrected chi connectivity index (χ4v) is 6.47. The lowest BCUT2D eigenvalue weighted by Crippen LogP contribution is -2.18. The van der Waals surface area contributed by atoms with Crippen molar-refractivity contribution in [2.75, 3.05) is 22.8 Å². The molecule has 0 amide bonds. The van der Waals surface area contributed by atoms with Gasteiger partial charge in [0.05, 0.1) is 27.7 Å². The molecular weight excluding hydrogens is 552 g/mol. The van der Waals surface area contributed by atoms with E-state index >= 15 is 4.39 Å². The predicted molar refractivity (Wildman–Crippen MR) is 143 cm³/mol. The van der Waals surface area contributed by atoms with Crippen LogP contribution in [-0.2, 0) is 19.9 Å². The number of sulfonamides is 1. The van der Waals surface area contributed by atoms with Gasteiger partial charge in [-0.25, -0.2) is 30.6 Å². The summed E-state index contributed by atoms with van der Waals surface area (Å²) in [5.74, 6) is -3.99. The molecule has 2 heterocycles. The van der Waals surface area contributed by atoms with E-state index in [4.69, 9.17) is 5.11 Å². The number of ketones is 1. The highest BCUT2D eigenvalue weighted by Gasteiger charge is 2.26. The van der Waals surface area contributed by atoms with Gasteiger partial charge in [-0.05, 0) is 48.7 Å². The van der Waals surface area contributed by atoms with Crippen molar-refractivity contribution in [1.82, 2.24) is 9.97 Å². The van der Waals surface area contributed by atoms with Gasteiger partial charge in [0, 0.05) is 35.5 Å². The highest BCUT2D eigenvalue weighted by atomic mass is 32.2. The topological polar surface area (TPSA) is 146 Å². The molecule has 13 heteroatoms. The summed E-state index contributed by atoms with van der Waals surface area (Å²) >= 11 is 0. The Morgan fingerprint density at radius 2 is 1.74 bits per heavy atom. The van der Waals surface area contributed by atoms with Gasteiger partial charge in [0.25, 0.3) is 0 Å². The highest BCUT2D eigenvalue weighted by molar-refractivity contribution is 7.92. The van der Waals surface area contributed by atoms with Crippen molar-refractivity contribution in [2.45, 2.75) is 24.7 Å². The number of H-pyrrole nitrogens is 1. The van der Waals surface area contributed by atoms with Crippen LogP contribution in [0.4, 0.5) is 14.5 Å². The lowest BCUT2D eigenvalue weighted by Gasteiger charge is -2.11. The first-order valence-corrected chi connectivity index (χ1v) is 15.2. The molecule has 0 saturated heterocycles. The molecule has 0 radical (unpaired) electrons. The van der Waals surface area contributed by atoms with Crippen molar-refractivity contribution in [3.63, 3.8) is 0 Å². The highest BCUT2D eigenvalue weighted by Crippen LogP contribution is 2.30. The molecule has 0 aliphatic heterocycles. The van der Waals surface area contributed by atoms with E-state index in [9.17, 15) is 26.0 Å². The van der Waals surface area contributed by atoms with Crippen LogP contribution in [0.2, 0.25) is 0 Å². The molecule has 39 heavy (non-hydrogen) atoms. The number of aromatic nitrogens is 2. The van der Waals surface area contributed by atoms with Crippen LogP contribution in [0.1, 0.15) is 35.7 Å². The average Bonchev–Trinajstić information content (AvgIpc) is 3.32. The van der Waals surface area contributed by atoms with Gasteiger partial charge < -0.3 is 10.1 Å². The van der Waals surface area contributed by atoms with Crippen LogP contribution in [0, 0.1) is 11.6 Å². The van der Waals surface area contributed by atoms with Crippen molar-refractivity contribution in [3.8, 4) is 11.1 Å². The van der Waals surface area contributed by atoms with E-state index < -0.39 is 48.5 Å². The molecule has 0 spiro atoms. The fraction of sp³-hybridized carbons (Fsp3) is 0.231. The number of halogens is 2. The number of aliphatic hydroxyl groups excluding tert-OH is 1. The van der Waals surface area contributed by atoms with Gasteiger partial charge >= 0.3 is 0 Å². The standard InChI is InChI=1S/C26H25F2N3O6S2/c1-2-11-39(36,37)31-22-9-8-21(27)23(24(22)28)25(33)20-15-30-26-19(20)13-17(14-29-26)16-4-6-18(7-5-16)38(34,35)12-3-10-32/h4-9,13-15,31-32H,2-3,10-12H2,1H3,(H,29,30). The minimum Gasteiger partial charge on any atom is -0.396 e. The molecule has 2 aromatic heterocycles. The van der Waals surface area contributed by atoms with Crippen molar-refractivity contribution >= 4 is 42.4 Å². The molecule has 4 aromatic rings. The Kier molecular flexibility index (Phi) is 8.14. The zero-order chi connectivity index (χ0) is 28.4. The summed E-state index contributed by atoms with van der Waals surface area (Å²) in [4.78, 5) is 20.4. The largest absolute Gasteiger partial charge is 0.396 e. The number of anilines is 1. The van der Waals surface area contributed by atoms with Crippen molar-refractivity contribution in [3.05, 3.63) is 77.6 Å². The Morgan fingerprint density at radius 3 is 2.41 bits per heavy atom. The number of sulfone groups is 1. The maximum Gasteiger partial charge on any atom is 0.232 e. The van der Waals surface area contributed by atoms with Crippen molar-refractivity contribution in [2.24, 2.45) is 0 Å². The predicted octanol–water partition coefficient (Wildman–Crippen LogP) is 4.05. The van der Waals surface area contributed by atoms with Crippen LogP contribution >= 0.6 is 0 Å². The van der Waals surface area contributed by atoms with Gasteiger partial charge in [-0.15, -0.1) is 0 Å². The molecular formula is C26H25F2N3O6S2. The summed E-state index contributed by atoms with van der Waals surface area (Å²) in [6, 6.07) is 9.27. The molecule has 4 rings (SSSR count). The normalized spacial score (nSPS) is 12.1. The van der Waals surface area contributed by atoms with Crippen LogP contribution in [0.5, 0.6) is 0 Å². The first-order valence-electron chi connectivity index (χ1n) is 11.9. The van der Waals surface area contributed by atoms with Crippen molar-refractivity contribution in [1.29, 1.82) is 0 Å². The first-order chi connectivity index (χ1) is 18.5. The van der Waals surface area contributed by atoms with E-state index in [0.717, 1.165) is 12.1 Å². The maximum atomic E-state index is 15.2. The number of carbonyl (C=O) groups excluding carboxylic acids is 1. The number of hydrogen-bond donors (Lipinski definition) is 3. The molecule has 0 aliphatic rings. The smallest absolute Gasteiger partial charge is 0.232 e. The zero-order valence-electron chi connectivity index (χ0n) is 20.7. The Labute approximate surface area is 223 Å². The Hall–Kier alpha value is -3.68. The lowest BCUT2D eigenvalue weighted by atomic mass is 10.00. The summed E-state index contributed by atoms with van der Waals surface area (Å²) in [5.41, 5.74) is -0.191. The quantitative estimate of drug-likeness (QED) is 0.228. The number of nitrogens with zero attached hydrogens (tertiary/aromatic N) is 1. The van der Waals surface area contributed by atoms with Crippen LogP contribution < -0.4 is 4.72 Å². The van der Waals surface area contributed by atoms with E-state index in [-0.39, 0.29) is 52.4 Å². The molecule has 0 bridgehead atoms. The molecule has 206 valence electrons. The van der Waals surface area contributed by atoms with Gasteiger partial charge in [0.15, 0.2) is 15.7 Å². The zero-order valence-corrected chi connectivity index (χ0v) is 22.4. The molecule has 0 atom stereocenters. The molecule has 3 N–H and O–H groups in total. The summed E-state index contributed by atoms with van der Waals surface area (Å²) in [5, 5.41) is 9.17. The van der Waals surface area contributed by atoms with E-state index in [1.807, 2.05) is 0 Å². The minimum atomic E-state index is -3.89. The first kappa shape index (κ1) is 28.3. The van der Waals surface area contributed by atoms with E-state index in [1.165, 1.54) is 24.5 Å². The average molecular weight is 578 g/mol. The number of pyridine rings is 1. The molecule has 0 fully saturated rings. The van der Waals surface area contributed by atoms with Gasteiger partial charge in [-0.2, -0.15) is 0 Å². The number of carbonyl (C=O) groups is 1. The van der Waals surface area contributed by atoms with Crippen LogP contribution in [0.15, 0.2) is 59.8 Å². The van der Waals surface area contributed by atoms with E-state index in [0.29, 0.717) is 11.1 Å². The molecule has 0 aliphatic carbocycles. The molecule has 0 saturated carbocycles. The van der Waals surface area contributed by atoms with Gasteiger partial charge in [-0.1, -0.05) is 19.1 Å². The summed E-state index contributed by atoms with van der Waals surface area (Å²) in [6.07, 6.45) is 3.14. The number of rotatable bonds is 11. The number of hydrogen-bond acceptors (Lipinski definition) is 7. The fourth-order valence-electron chi connectivity index (χ4n) is 4.04. The second-order valence-corrected chi connectivity index (χ2v) is 12.7. The third-order valence-electron chi connectivity index (χ3n) is 5.95. The van der Waals surface area contributed by atoms with Gasteiger partial charge in [-0.3, -0.25) is 9.52 Å². The second kappa shape index (κ2) is 11.2. The Bertz CT molecular complexity index is 1750. The molecule has 2 aromatic carbocycles. The SMILES string of the molecule is CCCS(=O)(=O)Nc1ccc(F)c(C(=O)c2c[nH]c3ncc(-c4ccc(S(=O)(=O)CCCO)cc4)cc23)c1F.